The van der Waals surface area contributed by atoms with Crippen LogP contribution in [0.2, 0.25) is 5.02 Å². The van der Waals surface area contributed by atoms with E-state index < -0.39 is 0 Å². The van der Waals surface area contributed by atoms with Gasteiger partial charge in [-0.2, -0.15) is 0 Å². The Balaban J connectivity index is 2.25. The van der Waals surface area contributed by atoms with Crippen molar-refractivity contribution < 1.29 is 4.42 Å². The summed E-state index contributed by atoms with van der Waals surface area (Å²) in [6.07, 6.45) is 1.66. The minimum atomic E-state index is 0.654. The molecular formula is C14H9ClO. The zero-order valence-electron chi connectivity index (χ0n) is 8.48. The molecule has 0 saturated carbocycles. The van der Waals surface area contributed by atoms with Crippen LogP contribution in [0.25, 0.3) is 22.1 Å². The van der Waals surface area contributed by atoms with Crippen molar-refractivity contribution >= 4 is 22.6 Å². The Morgan fingerprint density at radius 3 is 2.50 bits per heavy atom. The summed E-state index contributed by atoms with van der Waals surface area (Å²) in [6.45, 7) is 0. The van der Waals surface area contributed by atoms with Crippen LogP contribution in [0.3, 0.4) is 0 Å². The highest BCUT2D eigenvalue weighted by Gasteiger charge is 2.06. The smallest absolute Gasteiger partial charge is 0.152 e. The van der Waals surface area contributed by atoms with Gasteiger partial charge >= 0.3 is 0 Å². The third-order valence-electron chi connectivity index (χ3n) is 2.61. The fourth-order valence-electron chi connectivity index (χ4n) is 1.84. The monoisotopic (exact) mass is 228 g/mol. The fourth-order valence-corrected chi connectivity index (χ4v) is 2.11. The van der Waals surface area contributed by atoms with Gasteiger partial charge in [0.2, 0.25) is 0 Å². The molecule has 1 heterocycles. The van der Waals surface area contributed by atoms with E-state index in [1.54, 1.807) is 6.26 Å². The summed E-state index contributed by atoms with van der Waals surface area (Å²) in [4.78, 5) is 0. The molecule has 0 aliphatic heterocycles. The molecule has 1 nitrogen and oxygen atoms in total. The second-order valence-corrected chi connectivity index (χ2v) is 4.07. The van der Waals surface area contributed by atoms with E-state index in [1.807, 2.05) is 30.3 Å². The van der Waals surface area contributed by atoms with Gasteiger partial charge in [-0.3, -0.25) is 0 Å². The number of hydrogen-bond donors (Lipinski definition) is 0. The van der Waals surface area contributed by atoms with Crippen LogP contribution in [0.5, 0.6) is 0 Å². The van der Waals surface area contributed by atoms with E-state index in [2.05, 4.69) is 18.2 Å². The van der Waals surface area contributed by atoms with Crippen LogP contribution in [0.15, 0.2) is 59.2 Å². The normalized spacial score (nSPS) is 10.8. The molecule has 3 rings (SSSR count). The van der Waals surface area contributed by atoms with Gasteiger partial charge in [-0.25, -0.2) is 0 Å². The third kappa shape index (κ3) is 1.50. The molecule has 0 aliphatic rings. The molecule has 3 aromatic rings. The molecule has 1 aromatic heterocycles. The van der Waals surface area contributed by atoms with Gasteiger partial charge in [0.05, 0.1) is 11.3 Å². The van der Waals surface area contributed by atoms with Crippen molar-refractivity contribution in [2.24, 2.45) is 0 Å². The quantitative estimate of drug-likeness (QED) is 0.586. The Bertz CT molecular complexity index is 626. The number of hydrogen-bond acceptors (Lipinski definition) is 1. The van der Waals surface area contributed by atoms with Crippen LogP contribution >= 0.6 is 11.6 Å². The summed E-state index contributed by atoms with van der Waals surface area (Å²) in [5.41, 5.74) is 3.02. The van der Waals surface area contributed by atoms with Gasteiger partial charge in [0.15, 0.2) is 5.58 Å². The Kier molecular flexibility index (Phi) is 2.19. The molecule has 0 amide bonds. The lowest BCUT2D eigenvalue weighted by atomic mass is 10.0. The summed E-state index contributed by atoms with van der Waals surface area (Å²) in [5, 5.41) is 1.69. The minimum Gasteiger partial charge on any atom is -0.463 e. The summed E-state index contributed by atoms with van der Waals surface area (Å²) < 4.78 is 5.31. The maximum atomic E-state index is 6.16. The van der Waals surface area contributed by atoms with E-state index in [4.69, 9.17) is 16.0 Å². The minimum absolute atomic E-state index is 0.654. The highest BCUT2D eigenvalue weighted by Crippen LogP contribution is 2.31. The number of rotatable bonds is 1. The molecule has 0 atom stereocenters. The summed E-state index contributed by atoms with van der Waals surface area (Å²) >= 11 is 6.16. The topological polar surface area (TPSA) is 13.1 Å². The van der Waals surface area contributed by atoms with E-state index in [0.717, 1.165) is 22.1 Å². The molecule has 0 fully saturated rings. The fraction of sp³-hybridized carbons (Fsp3) is 0. The molecule has 0 aliphatic carbocycles. The first kappa shape index (κ1) is 9.49. The lowest BCUT2D eigenvalue weighted by Gasteiger charge is -2.02. The third-order valence-corrected chi connectivity index (χ3v) is 2.89. The highest BCUT2D eigenvalue weighted by atomic mass is 35.5. The van der Waals surface area contributed by atoms with Gasteiger partial charge in [-0.05, 0) is 29.3 Å². The molecule has 0 radical (unpaired) electrons. The van der Waals surface area contributed by atoms with Crippen LogP contribution < -0.4 is 0 Å². The maximum Gasteiger partial charge on any atom is 0.152 e. The average molecular weight is 229 g/mol. The summed E-state index contributed by atoms with van der Waals surface area (Å²) in [6, 6.07) is 16.1. The number of benzene rings is 2. The molecule has 2 heteroatoms. The maximum absolute atomic E-state index is 6.16. The Morgan fingerprint density at radius 2 is 1.69 bits per heavy atom. The van der Waals surface area contributed by atoms with Gasteiger partial charge in [0, 0.05) is 5.39 Å². The number of halogens is 1. The van der Waals surface area contributed by atoms with E-state index in [0.29, 0.717) is 5.02 Å². The Hall–Kier alpha value is -1.73. The van der Waals surface area contributed by atoms with Gasteiger partial charge in [-0.1, -0.05) is 41.9 Å². The summed E-state index contributed by atoms with van der Waals surface area (Å²) in [5.74, 6) is 0. The van der Waals surface area contributed by atoms with Crippen molar-refractivity contribution in [3.05, 3.63) is 59.8 Å². The predicted octanol–water partition coefficient (Wildman–Crippen LogP) is 4.75. The molecule has 0 N–H and O–H groups in total. The van der Waals surface area contributed by atoms with Crippen LogP contribution in [0.1, 0.15) is 0 Å². The van der Waals surface area contributed by atoms with Crippen molar-refractivity contribution in [3.8, 4) is 11.1 Å². The lowest BCUT2D eigenvalue weighted by Crippen LogP contribution is -1.77. The van der Waals surface area contributed by atoms with Gasteiger partial charge in [0.1, 0.15) is 0 Å². The predicted molar refractivity (Wildman–Crippen MR) is 66.7 cm³/mol. The molecular weight excluding hydrogens is 220 g/mol. The first-order valence-corrected chi connectivity index (χ1v) is 5.44. The average Bonchev–Trinajstić information content (AvgIpc) is 2.79. The van der Waals surface area contributed by atoms with Crippen molar-refractivity contribution in [2.75, 3.05) is 0 Å². The second-order valence-electron chi connectivity index (χ2n) is 3.66. The SMILES string of the molecule is Clc1cc(-c2ccccc2)cc2ccoc12. The van der Waals surface area contributed by atoms with Crippen LogP contribution in [-0.4, -0.2) is 0 Å². The molecule has 0 unspecified atom stereocenters. The molecule has 78 valence electrons. The Morgan fingerprint density at radius 1 is 0.875 bits per heavy atom. The summed E-state index contributed by atoms with van der Waals surface area (Å²) in [7, 11) is 0. The van der Waals surface area contributed by atoms with E-state index in [-0.39, 0.29) is 0 Å². The van der Waals surface area contributed by atoms with E-state index >= 15 is 0 Å². The lowest BCUT2D eigenvalue weighted by molar-refractivity contribution is 0.616. The van der Waals surface area contributed by atoms with Crippen molar-refractivity contribution in [1.29, 1.82) is 0 Å². The molecule has 2 aromatic carbocycles. The molecule has 0 saturated heterocycles. The van der Waals surface area contributed by atoms with E-state index in [9.17, 15) is 0 Å². The van der Waals surface area contributed by atoms with Crippen molar-refractivity contribution in [1.82, 2.24) is 0 Å². The standard InChI is InChI=1S/C14H9ClO/c15-13-9-12(10-4-2-1-3-5-10)8-11-6-7-16-14(11)13/h1-9H. The molecule has 0 bridgehead atoms. The van der Waals surface area contributed by atoms with Crippen molar-refractivity contribution in [2.45, 2.75) is 0 Å². The second kappa shape index (κ2) is 3.69. The number of fused-ring (bicyclic) bond motifs is 1. The Labute approximate surface area is 98.3 Å². The van der Waals surface area contributed by atoms with Gasteiger partial charge in [-0.15, -0.1) is 0 Å². The van der Waals surface area contributed by atoms with Gasteiger partial charge in [0.25, 0.3) is 0 Å². The van der Waals surface area contributed by atoms with Gasteiger partial charge < -0.3 is 4.42 Å². The first-order valence-electron chi connectivity index (χ1n) is 5.07. The zero-order valence-corrected chi connectivity index (χ0v) is 9.24. The molecule has 16 heavy (non-hydrogen) atoms. The van der Waals surface area contributed by atoms with Crippen LogP contribution in [-0.2, 0) is 0 Å². The molecule has 0 spiro atoms. The largest absolute Gasteiger partial charge is 0.463 e. The van der Waals surface area contributed by atoms with Crippen molar-refractivity contribution in [3.63, 3.8) is 0 Å². The van der Waals surface area contributed by atoms with E-state index in [1.165, 1.54) is 0 Å². The van der Waals surface area contributed by atoms with Crippen LogP contribution in [0.4, 0.5) is 0 Å². The highest BCUT2D eigenvalue weighted by molar-refractivity contribution is 6.35. The zero-order chi connectivity index (χ0) is 11.0. The van der Waals surface area contributed by atoms with Crippen LogP contribution in [0, 0.1) is 0 Å². The first-order chi connectivity index (χ1) is 7.84. The number of furan rings is 1.